The second-order valence-electron chi connectivity index (χ2n) is 10.7. The molecule has 0 bridgehead atoms. The van der Waals surface area contributed by atoms with Gasteiger partial charge in [0.25, 0.3) is 5.56 Å². The number of hydrogen-bond donors (Lipinski definition) is 2. The van der Waals surface area contributed by atoms with Crippen molar-refractivity contribution >= 4 is 23.0 Å². The number of imidazole rings is 1. The lowest BCUT2D eigenvalue weighted by Gasteiger charge is -2.23. The Balaban J connectivity index is 1.40. The van der Waals surface area contributed by atoms with Crippen molar-refractivity contribution in [2.45, 2.75) is 84.5 Å². The second kappa shape index (κ2) is 10.7. The number of alkyl carbamates (subject to hydrolysis) is 1. The Morgan fingerprint density at radius 2 is 1.84 bits per heavy atom. The third-order valence-corrected chi connectivity index (χ3v) is 6.46. The predicted molar refractivity (Wildman–Crippen MR) is 140 cm³/mol. The molecule has 37 heavy (non-hydrogen) atoms. The Hall–Kier alpha value is -3.69. The van der Waals surface area contributed by atoms with Crippen LogP contribution in [0.2, 0.25) is 0 Å². The van der Waals surface area contributed by atoms with Gasteiger partial charge >= 0.3 is 11.8 Å². The highest BCUT2D eigenvalue weighted by Gasteiger charge is 2.31. The third-order valence-electron chi connectivity index (χ3n) is 6.46. The van der Waals surface area contributed by atoms with E-state index in [1.54, 1.807) is 31.7 Å². The molecule has 0 unspecified atom stereocenters. The van der Waals surface area contributed by atoms with E-state index in [4.69, 9.17) is 4.74 Å². The van der Waals surface area contributed by atoms with Crippen molar-refractivity contribution < 1.29 is 14.3 Å². The Morgan fingerprint density at radius 3 is 2.46 bits per heavy atom. The van der Waals surface area contributed by atoms with Crippen LogP contribution in [0, 0.1) is 5.92 Å². The van der Waals surface area contributed by atoms with Crippen molar-refractivity contribution in [3.63, 3.8) is 0 Å². The largest absolute Gasteiger partial charge is 0.444 e. The van der Waals surface area contributed by atoms with Crippen LogP contribution in [-0.4, -0.2) is 42.6 Å². The molecule has 1 saturated carbocycles. The van der Waals surface area contributed by atoms with E-state index in [9.17, 15) is 19.2 Å². The molecule has 3 aromatic rings. The molecule has 1 atom stereocenters. The summed E-state index contributed by atoms with van der Waals surface area (Å²) in [5.74, 6) is 0.477. The van der Waals surface area contributed by atoms with Crippen molar-refractivity contribution in [2.75, 3.05) is 0 Å². The van der Waals surface area contributed by atoms with Crippen LogP contribution in [0.3, 0.4) is 0 Å². The summed E-state index contributed by atoms with van der Waals surface area (Å²) in [6, 6.07) is 7.12. The summed E-state index contributed by atoms with van der Waals surface area (Å²) < 4.78 is 8.50. The molecule has 4 rings (SSSR count). The third kappa shape index (κ3) is 6.75. The molecule has 0 aliphatic heterocycles. The number of aryl methyl sites for hydroxylation is 2. The van der Waals surface area contributed by atoms with Crippen molar-refractivity contribution in [3.8, 4) is 0 Å². The molecule has 10 nitrogen and oxygen atoms in total. The van der Waals surface area contributed by atoms with Gasteiger partial charge in [0.1, 0.15) is 5.60 Å². The predicted octanol–water partition coefficient (Wildman–Crippen LogP) is 3.15. The lowest BCUT2D eigenvalue weighted by atomic mass is 9.99. The number of carbonyl (C=O) groups is 2. The van der Waals surface area contributed by atoms with Gasteiger partial charge in [0.05, 0.1) is 18.9 Å². The molecule has 10 heteroatoms. The van der Waals surface area contributed by atoms with Crippen LogP contribution < -0.4 is 16.6 Å². The Labute approximate surface area is 215 Å². The minimum Gasteiger partial charge on any atom is -0.444 e. The first-order valence-electron chi connectivity index (χ1n) is 12.8. The summed E-state index contributed by atoms with van der Waals surface area (Å²) in [5, 5.41) is 2.77. The maximum Gasteiger partial charge on any atom is 0.408 e. The Morgan fingerprint density at radius 1 is 1.16 bits per heavy atom. The normalized spacial score (nSPS) is 14.5. The molecule has 0 saturated heterocycles. The number of rotatable bonds is 10. The molecular weight excluding hydrogens is 474 g/mol. The standard InChI is InChI=1S/C27H35N5O5/c1-5-31-16-28-23-22(31)24(34)30-25(35)32(23)15-19-10-6-17(7-11-19)12-13-21(33)20(14-18-8-9-18)29-26(36)37-27(2,3)4/h6-7,10-11,16,18,20H,5,8-9,12-15H2,1-4H3,(H,29,36)(H,30,34,35)/t20-/m0/s1. The van der Waals surface area contributed by atoms with E-state index < -0.39 is 29.0 Å². The number of ketones is 1. The van der Waals surface area contributed by atoms with Gasteiger partial charge in [-0.15, -0.1) is 0 Å². The minimum atomic E-state index is -0.624. The molecule has 0 radical (unpaired) electrons. The molecule has 2 heterocycles. The lowest BCUT2D eigenvalue weighted by Crippen LogP contribution is -2.43. The van der Waals surface area contributed by atoms with Crippen LogP contribution in [0.5, 0.6) is 0 Å². The molecule has 2 aromatic heterocycles. The fraction of sp³-hybridized carbons (Fsp3) is 0.519. The van der Waals surface area contributed by atoms with E-state index in [0.717, 1.165) is 24.0 Å². The van der Waals surface area contributed by atoms with E-state index in [1.807, 2.05) is 31.2 Å². The molecule has 1 aliphatic rings. The van der Waals surface area contributed by atoms with Crippen LogP contribution >= 0.6 is 0 Å². The number of fused-ring (bicyclic) bond motifs is 1. The lowest BCUT2D eigenvalue weighted by molar-refractivity contribution is -0.121. The number of hydrogen-bond acceptors (Lipinski definition) is 6. The van der Waals surface area contributed by atoms with E-state index >= 15 is 0 Å². The number of carbonyl (C=O) groups excluding carboxylic acids is 2. The quantitative estimate of drug-likeness (QED) is 0.432. The maximum absolute atomic E-state index is 13.0. The summed E-state index contributed by atoms with van der Waals surface area (Å²) in [7, 11) is 0. The highest BCUT2D eigenvalue weighted by molar-refractivity contribution is 5.87. The Bertz CT molecular complexity index is 1390. The van der Waals surface area contributed by atoms with E-state index in [-0.39, 0.29) is 12.3 Å². The fourth-order valence-electron chi connectivity index (χ4n) is 4.35. The van der Waals surface area contributed by atoms with E-state index in [1.165, 1.54) is 4.57 Å². The zero-order valence-electron chi connectivity index (χ0n) is 21.9. The van der Waals surface area contributed by atoms with Gasteiger partial charge in [0, 0.05) is 13.0 Å². The van der Waals surface area contributed by atoms with Crippen LogP contribution in [-0.2, 0) is 29.0 Å². The molecule has 1 aliphatic carbocycles. The molecular formula is C27H35N5O5. The van der Waals surface area contributed by atoms with Crippen molar-refractivity contribution in [1.29, 1.82) is 0 Å². The van der Waals surface area contributed by atoms with Crippen LogP contribution in [0.4, 0.5) is 4.79 Å². The minimum absolute atomic E-state index is 0.00414. The average Bonchev–Trinajstić information content (AvgIpc) is 3.54. The number of benzene rings is 1. The summed E-state index contributed by atoms with van der Waals surface area (Å²) >= 11 is 0. The molecule has 2 N–H and O–H groups in total. The fourth-order valence-corrected chi connectivity index (χ4v) is 4.35. The van der Waals surface area contributed by atoms with E-state index in [0.29, 0.717) is 42.9 Å². The number of Topliss-reactive ketones (excluding diaryl/α,β-unsaturated/α-hetero) is 1. The number of aromatic amines is 1. The summed E-state index contributed by atoms with van der Waals surface area (Å²) in [6.45, 7) is 8.11. The molecule has 1 amide bonds. The molecule has 0 spiro atoms. The number of aromatic nitrogens is 4. The first kappa shape index (κ1) is 26.4. The summed E-state index contributed by atoms with van der Waals surface area (Å²) in [4.78, 5) is 56.6. The van der Waals surface area contributed by atoms with Crippen molar-refractivity contribution in [1.82, 2.24) is 24.4 Å². The highest BCUT2D eigenvalue weighted by atomic mass is 16.6. The van der Waals surface area contributed by atoms with Gasteiger partial charge in [0.15, 0.2) is 16.9 Å². The zero-order valence-corrected chi connectivity index (χ0v) is 21.9. The van der Waals surface area contributed by atoms with Gasteiger partial charge in [-0.3, -0.25) is 19.1 Å². The Kier molecular flexibility index (Phi) is 7.65. The maximum atomic E-state index is 13.0. The number of nitrogens with one attached hydrogen (secondary N) is 2. The number of H-pyrrole nitrogens is 1. The van der Waals surface area contributed by atoms with E-state index in [2.05, 4.69) is 15.3 Å². The number of ether oxygens (including phenoxy) is 1. The topological polar surface area (TPSA) is 128 Å². The first-order chi connectivity index (χ1) is 17.5. The monoisotopic (exact) mass is 509 g/mol. The van der Waals surface area contributed by atoms with Crippen molar-refractivity contribution in [2.24, 2.45) is 5.92 Å². The average molecular weight is 510 g/mol. The van der Waals surface area contributed by atoms with Gasteiger partial charge in [-0.25, -0.2) is 14.6 Å². The van der Waals surface area contributed by atoms with Gasteiger partial charge in [0.2, 0.25) is 0 Å². The highest BCUT2D eigenvalue weighted by Crippen LogP contribution is 2.34. The van der Waals surface area contributed by atoms with Gasteiger partial charge in [-0.05, 0) is 57.6 Å². The van der Waals surface area contributed by atoms with Gasteiger partial charge in [-0.1, -0.05) is 37.1 Å². The zero-order chi connectivity index (χ0) is 26.7. The first-order valence-corrected chi connectivity index (χ1v) is 12.8. The SMILES string of the molecule is CCn1cnc2c1c(=O)[nH]c(=O)n2Cc1ccc(CCC(=O)[C@H](CC2CC2)NC(=O)OC(C)(C)C)cc1. The molecule has 1 aromatic carbocycles. The number of nitrogens with zero attached hydrogens (tertiary/aromatic N) is 3. The van der Waals surface area contributed by atoms with Gasteiger partial charge in [-0.2, -0.15) is 0 Å². The van der Waals surface area contributed by atoms with Crippen LogP contribution in [0.1, 0.15) is 64.5 Å². The van der Waals surface area contributed by atoms with Crippen LogP contribution in [0.25, 0.3) is 11.2 Å². The summed E-state index contributed by atoms with van der Waals surface area (Å²) in [6.07, 6.45) is 4.67. The number of amides is 1. The van der Waals surface area contributed by atoms with Crippen molar-refractivity contribution in [3.05, 3.63) is 62.6 Å². The van der Waals surface area contributed by atoms with Crippen LogP contribution in [0.15, 0.2) is 40.2 Å². The smallest absolute Gasteiger partial charge is 0.408 e. The molecule has 1 fully saturated rings. The summed E-state index contributed by atoms with van der Waals surface area (Å²) in [5.41, 5.74) is 0.997. The van der Waals surface area contributed by atoms with Gasteiger partial charge < -0.3 is 14.6 Å². The molecule has 198 valence electrons. The second-order valence-corrected chi connectivity index (χ2v) is 10.7.